The maximum absolute atomic E-state index is 5.56. The molecule has 0 aromatic carbocycles. The van der Waals surface area contributed by atoms with E-state index in [1.807, 2.05) is 0 Å². The van der Waals surface area contributed by atoms with Gasteiger partial charge in [0.05, 0.1) is 17.4 Å². The quantitative estimate of drug-likeness (QED) is 0.471. The van der Waals surface area contributed by atoms with Crippen LogP contribution in [0.15, 0.2) is 47.3 Å². The first kappa shape index (κ1) is 7.88. The van der Waals surface area contributed by atoms with Crippen molar-refractivity contribution >= 4 is 0 Å². The summed E-state index contributed by atoms with van der Waals surface area (Å²) in [6, 6.07) is 0.496. The van der Waals surface area contributed by atoms with E-state index in [-0.39, 0.29) is 0 Å². The van der Waals surface area contributed by atoms with E-state index in [1.54, 1.807) is 0 Å². The lowest BCUT2D eigenvalue weighted by Gasteiger charge is -2.25. The van der Waals surface area contributed by atoms with Crippen molar-refractivity contribution in [3.05, 3.63) is 47.3 Å². The molecule has 3 N–H and O–H groups in total. The minimum absolute atomic E-state index is 0.496. The number of nitrogens with one attached hydrogen (secondary N) is 1. The Morgan fingerprint density at radius 2 is 2.36 bits per heavy atom. The van der Waals surface area contributed by atoms with E-state index in [0.29, 0.717) is 6.04 Å². The summed E-state index contributed by atoms with van der Waals surface area (Å²) < 4.78 is 0. The highest BCUT2D eigenvalue weighted by Crippen LogP contribution is 2.38. The molecular formula is C11H13N3. The molecule has 0 bridgehead atoms. The normalized spacial score (nSPS) is 27.9. The van der Waals surface area contributed by atoms with Crippen LogP contribution in [0.2, 0.25) is 0 Å². The molecule has 3 rings (SSSR count). The molecule has 1 aliphatic carbocycles. The van der Waals surface area contributed by atoms with Gasteiger partial charge in [-0.1, -0.05) is 24.3 Å². The molecule has 14 heavy (non-hydrogen) atoms. The van der Waals surface area contributed by atoms with Gasteiger partial charge in [-0.15, -0.1) is 0 Å². The second-order valence-corrected chi connectivity index (χ2v) is 3.76. The minimum Gasteiger partial charge on any atom is -0.359 e. The van der Waals surface area contributed by atoms with Crippen LogP contribution in [0.3, 0.4) is 0 Å². The third kappa shape index (κ3) is 0.849. The highest BCUT2D eigenvalue weighted by Gasteiger charge is 2.35. The first-order valence-corrected chi connectivity index (χ1v) is 4.93. The summed E-state index contributed by atoms with van der Waals surface area (Å²) in [5.41, 5.74) is 6.48. The molecule has 3 nitrogen and oxygen atoms in total. The summed E-state index contributed by atoms with van der Waals surface area (Å²) in [5, 5.41) is 0. The van der Waals surface area contributed by atoms with Gasteiger partial charge in [-0.05, 0) is 12.5 Å². The van der Waals surface area contributed by atoms with Gasteiger partial charge in [-0.2, -0.15) is 0 Å². The van der Waals surface area contributed by atoms with Crippen LogP contribution >= 0.6 is 0 Å². The number of fused-ring (bicyclic) bond motifs is 3. The minimum atomic E-state index is 0.496. The maximum Gasteiger partial charge on any atom is 0.0773 e. The first-order chi connectivity index (χ1) is 6.92. The number of hydrogen-bond donors (Lipinski definition) is 2. The molecule has 2 heterocycles. The van der Waals surface area contributed by atoms with E-state index in [4.69, 9.17) is 5.84 Å². The van der Waals surface area contributed by atoms with Gasteiger partial charge < -0.3 is 10.3 Å². The fourth-order valence-electron chi connectivity index (χ4n) is 2.46. The van der Waals surface area contributed by atoms with E-state index in [1.165, 1.54) is 11.3 Å². The van der Waals surface area contributed by atoms with Gasteiger partial charge in [0.1, 0.15) is 0 Å². The third-order valence-electron chi connectivity index (χ3n) is 3.08. The monoisotopic (exact) mass is 187 g/mol. The fourth-order valence-corrected chi connectivity index (χ4v) is 2.46. The van der Waals surface area contributed by atoms with Crippen molar-refractivity contribution in [1.29, 1.82) is 0 Å². The van der Waals surface area contributed by atoms with Gasteiger partial charge in [0.25, 0.3) is 0 Å². The zero-order valence-corrected chi connectivity index (χ0v) is 7.90. The molecule has 0 aromatic heterocycles. The Balaban J connectivity index is 2.11. The summed E-state index contributed by atoms with van der Waals surface area (Å²) in [4.78, 5) is 2.39. The molecule has 0 fully saturated rings. The molecule has 1 unspecified atom stereocenters. The summed E-state index contributed by atoms with van der Waals surface area (Å²) in [5.74, 6) is 5.56. The van der Waals surface area contributed by atoms with Crippen LogP contribution in [0.5, 0.6) is 0 Å². The summed E-state index contributed by atoms with van der Waals surface area (Å²) in [6.07, 6.45) is 11.9. The number of nitrogens with zero attached hydrogens (tertiary/aromatic N) is 1. The number of rotatable bonds is 1. The van der Waals surface area contributed by atoms with E-state index in [9.17, 15) is 0 Å². The van der Waals surface area contributed by atoms with Crippen molar-refractivity contribution in [3.8, 4) is 0 Å². The van der Waals surface area contributed by atoms with Crippen LogP contribution in [0.4, 0.5) is 0 Å². The molecule has 0 radical (unpaired) electrons. The highest BCUT2D eigenvalue weighted by molar-refractivity contribution is 5.52. The van der Waals surface area contributed by atoms with Crippen molar-refractivity contribution < 1.29 is 0 Å². The first-order valence-electron chi connectivity index (χ1n) is 4.93. The van der Waals surface area contributed by atoms with Crippen LogP contribution in [0, 0.1) is 0 Å². The van der Waals surface area contributed by atoms with Crippen LogP contribution in [0.25, 0.3) is 0 Å². The van der Waals surface area contributed by atoms with Crippen LogP contribution in [-0.4, -0.2) is 17.5 Å². The summed E-state index contributed by atoms with van der Waals surface area (Å²) in [6.45, 7) is 1.01. The fraction of sp³-hybridized carbons (Fsp3) is 0.273. The Morgan fingerprint density at radius 3 is 3.21 bits per heavy atom. The van der Waals surface area contributed by atoms with Crippen molar-refractivity contribution in [1.82, 2.24) is 10.3 Å². The van der Waals surface area contributed by atoms with Gasteiger partial charge in [0.2, 0.25) is 0 Å². The van der Waals surface area contributed by atoms with Gasteiger partial charge in [-0.3, -0.25) is 5.84 Å². The van der Waals surface area contributed by atoms with Crippen LogP contribution in [-0.2, 0) is 0 Å². The smallest absolute Gasteiger partial charge is 0.0773 e. The SMILES string of the molecule is NNC1=C2C=CCN2C2CC=CC=C12. The topological polar surface area (TPSA) is 41.3 Å². The molecule has 0 aromatic rings. The zero-order chi connectivity index (χ0) is 9.54. The lowest BCUT2D eigenvalue weighted by molar-refractivity contribution is 0.354. The van der Waals surface area contributed by atoms with Crippen molar-refractivity contribution in [2.24, 2.45) is 5.84 Å². The van der Waals surface area contributed by atoms with E-state index < -0.39 is 0 Å². The molecule has 0 amide bonds. The number of allylic oxidation sites excluding steroid dienone is 3. The standard InChI is InChI=1S/C11H13N3/c12-13-11-8-4-1-2-5-9(8)14-7-3-6-10(11)14/h1-4,6,9,13H,5,7,12H2. The molecule has 2 aliphatic heterocycles. The lowest BCUT2D eigenvalue weighted by Crippen LogP contribution is -2.29. The predicted molar refractivity (Wildman–Crippen MR) is 55.8 cm³/mol. The molecule has 0 spiro atoms. The molecule has 0 saturated carbocycles. The molecule has 0 saturated heterocycles. The Morgan fingerprint density at radius 1 is 1.43 bits per heavy atom. The zero-order valence-electron chi connectivity index (χ0n) is 7.90. The second kappa shape index (κ2) is 2.75. The second-order valence-electron chi connectivity index (χ2n) is 3.76. The largest absolute Gasteiger partial charge is 0.359 e. The molecule has 1 atom stereocenters. The number of hydrogen-bond acceptors (Lipinski definition) is 3. The molecule has 72 valence electrons. The van der Waals surface area contributed by atoms with Crippen molar-refractivity contribution in [2.45, 2.75) is 12.5 Å². The molecular weight excluding hydrogens is 174 g/mol. The molecule has 3 aliphatic rings. The number of nitrogens with two attached hydrogens (primary N) is 1. The van der Waals surface area contributed by atoms with Gasteiger partial charge in [0.15, 0.2) is 0 Å². The van der Waals surface area contributed by atoms with Gasteiger partial charge in [-0.25, -0.2) is 0 Å². The summed E-state index contributed by atoms with van der Waals surface area (Å²) >= 11 is 0. The highest BCUT2D eigenvalue weighted by atomic mass is 15.3. The Labute approximate surface area is 83.2 Å². The van der Waals surface area contributed by atoms with Crippen molar-refractivity contribution in [2.75, 3.05) is 6.54 Å². The third-order valence-corrected chi connectivity index (χ3v) is 3.08. The van der Waals surface area contributed by atoms with E-state index >= 15 is 0 Å². The van der Waals surface area contributed by atoms with Crippen LogP contribution in [0.1, 0.15) is 6.42 Å². The van der Waals surface area contributed by atoms with Gasteiger partial charge in [0, 0.05) is 12.1 Å². The Hall–Kier alpha value is -1.48. The van der Waals surface area contributed by atoms with Crippen molar-refractivity contribution in [3.63, 3.8) is 0 Å². The molecule has 3 heteroatoms. The average Bonchev–Trinajstić information content (AvgIpc) is 2.77. The van der Waals surface area contributed by atoms with E-state index in [2.05, 4.69) is 40.7 Å². The van der Waals surface area contributed by atoms with E-state index in [0.717, 1.165) is 18.7 Å². The lowest BCUT2D eigenvalue weighted by atomic mass is 9.98. The predicted octanol–water partition coefficient (Wildman–Crippen LogP) is 0.802. The summed E-state index contributed by atoms with van der Waals surface area (Å²) in [7, 11) is 0. The average molecular weight is 187 g/mol. The Kier molecular flexibility index (Phi) is 1.55. The van der Waals surface area contributed by atoms with Gasteiger partial charge >= 0.3 is 0 Å². The maximum atomic E-state index is 5.56. The van der Waals surface area contributed by atoms with Crippen LogP contribution < -0.4 is 11.3 Å². The Bertz CT molecular complexity index is 387. The number of hydrazine groups is 1.